The lowest BCUT2D eigenvalue weighted by Crippen LogP contribution is -1.96. The van der Waals surface area contributed by atoms with Crippen molar-refractivity contribution in [2.45, 2.75) is 0 Å². The van der Waals surface area contributed by atoms with Crippen molar-refractivity contribution in [2.24, 2.45) is 0 Å². The molecule has 13 rings (SSSR count). The number of pyridine rings is 2. The summed E-state index contributed by atoms with van der Waals surface area (Å²) in [6.45, 7) is 0. The molecule has 0 spiro atoms. The minimum absolute atomic E-state index is 0.697. The fourth-order valence-corrected chi connectivity index (χ4v) is 9.63. The Hall–Kier alpha value is -9.06. The highest BCUT2D eigenvalue weighted by molar-refractivity contribution is 6.17. The molecular formula is C62H39N5. The third-order valence-corrected chi connectivity index (χ3v) is 13.0. The smallest absolute Gasteiger partial charge is 0.160 e. The highest BCUT2D eigenvalue weighted by Gasteiger charge is 2.21. The SMILES string of the molecule is c1ccc(-c2nc3c4c(ccn3c2-c2ccc(-c3ccc(-c5cc(-c6ccc7ccccc7c6)nc(-c6ccc7ccccc7c6)n5)cc3)cc2)c(-c2ccccc2)nc2ccccc24)cc1. The van der Waals surface area contributed by atoms with E-state index in [9.17, 15) is 0 Å². The first kappa shape index (κ1) is 38.4. The summed E-state index contributed by atoms with van der Waals surface area (Å²) in [4.78, 5) is 21.1. The van der Waals surface area contributed by atoms with E-state index in [-0.39, 0.29) is 0 Å². The van der Waals surface area contributed by atoms with Gasteiger partial charge in [0, 0.05) is 55.7 Å². The molecular weight excluding hydrogens is 815 g/mol. The van der Waals surface area contributed by atoms with Gasteiger partial charge in [-0.1, -0.05) is 200 Å². The molecule has 4 aromatic heterocycles. The average Bonchev–Trinajstić information content (AvgIpc) is 3.81. The van der Waals surface area contributed by atoms with Crippen LogP contribution in [0.3, 0.4) is 0 Å². The molecule has 0 aliphatic rings. The largest absolute Gasteiger partial charge is 0.298 e. The molecule has 5 nitrogen and oxygen atoms in total. The van der Waals surface area contributed by atoms with Gasteiger partial charge in [0.1, 0.15) is 5.65 Å². The van der Waals surface area contributed by atoms with Crippen LogP contribution in [-0.4, -0.2) is 24.3 Å². The second kappa shape index (κ2) is 15.9. The number of imidazole rings is 1. The van der Waals surface area contributed by atoms with Gasteiger partial charge >= 0.3 is 0 Å². The van der Waals surface area contributed by atoms with Crippen molar-refractivity contribution in [3.8, 4) is 78.8 Å². The molecule has 0 bridgehead atoms. The van der Waals surface area contributed by atoms with E-state index < -0.39 is 0 Å². The van der Waals surface area contributed by atoms with Gasteiger partial charge in [-0.25, -0.2) is 19.9 Å². The van der Waals surface area contributed by atoms with Crippen molar-refractivity contribution in [3.63, 3.8) is 0 Å². The van der Waals surface area contributed by atoms with Crippen LogP contribution in [-0.2, 0) is 0 Å². The van der Waals surface area contributed by atoms with Crippen LogP contribution >= 0.6 is 0 Å². The minimum atomic E-state index is 0.697. The first-order valence-electron chi connectivity index (χ1n) is 22.6. The van der Waals surface area contributed by atoms with E-state index in [0.717, 1.165) is 106 Å². The Labute approximate surface area is 387 Å². The standard InChI is InChI=1S/C62H39N5/c1-3-15-45(16-4-1)58-53-35-36-67-60(59(46-17-5-2-6-18-46)66-62(67)57(53)52-21-11-12-22-54(52)63-58)47-31-25-43(26-32-47)42-23-29-44(30-24-42)55-39-56(50-33-27-40-13-7-9-19-48(40)37-50)65-61(64-55)51-34-28-41-14-8-10-20-49(41)38-51/h1-39H. The topological polar surface area (TPSA) is 56.0 Å². The lowest BCUT2D eigenvalue weighted by molar-refractivity contribution is 1.18. The van der Waals surface area contributed by atoms with Crippen LogP contribution in [0.5, 0.6) is 0 Å². The maximum atomic E-state index is 5.49. The molecule has 9 aromatic carbocycles. The third-order valence-electron chi connectivity index (χ3n) is 13.0. The number of para-hydroxylation sites is 1. The first-order valence-corrected chi connectivity index (χ1v) is 22.6. The minimum Gasteiger partial charge on any atom is -0.298 e. The summed E-state index contributed by atoms with van der Waals surface area (Å²) in [5.41, 5.74) is 15.1. The summed E-state index contributed by atoms with van der Waals surface area (Å²) in [6.07, 6.45) is 2.16. The second-order valence-electron chi connectivity index (χ2n) is 17.1. The zero-order chi connectivity index (χ0) is 44.3. The van der Waals surface area contributed by atoms with Gasteiger partial charge in [-0.3, -0.25) is 4.40 Å². The zero-order valence-corrected chi connectivity index (χ0v) is 36.3. The van der Waals surface area contributed by atoms with Gasteiger partial charge in [0.15, 0.2) is 5.82 Å². The number of rotatable bonds is 7. The number of aromatic nitrogens is 5. The fraction of sp³-hybridized carbons (Fsp3) is 0. The second-order valence-corrected chi connectivity index (χ2v) is 17.1. The Morgan fingerprint density at radius 1 is 0.299 bits per heavy atom. The molecule has 13 aromatic rings. The molecule has 0 amide bonds. The molecule has 0 aliphatic heterocycles. The van der Waals surface area contributed by atoms with Crippen LogP contribution in [0.2, 0.25) is 0 Å². The highest BCUT2D eigenvalue weighted by Crippen LogP contribution is 2.40. The molecule has 0 fully saturated rings. The van der Waals surface area contributed by atoms with Crippen molar-refractivity contribution < 1.29 is 0 Å². The molecule has 67 heavy (non-hydrogen) atoms. The lowest BCUT2D eigenvalue weighted by Gasteiger charge is -2.12. The number of nitrogens with zero attached hydrogens (tertiary/aromatic N) is 5. The number of fused-ring (bicyclic) bond motifs is 7. The summed E-state index contributed by atoms with van der Waals surface area (Å²) >= 11 is 0. The molecule has 4 heterocycles. The average molecular weight is 854 g/mol. The first-order chi connectivity index (χ1) is 33.2. The number of hydrogen-bond donors (Lipinski definition) is 0. The summed E-state index contributed by atoms with van der Waals surface area (Å²) in [5, 5.41) is 7.97. The van der Waals surface area contributed by atoms with Gasteiger partial charge in [0.05, 0.1) is 34.0 Å². The fourth-order valence-electron chi connectivity index (χ4n) is 9.63. The number of benzene rings is 9. The molecule has 0 atom stereocenters. The number of hydrogen-bond acceptors (Lipinski definition) is 4. The predicted molar refractivity (Wildman–Crippen MR) is 277 cm³/mol. The van der Waals surface area contributed by atoms with Gasteiger partial charge in [-0.15, -0.1) is 0 Å². The quantitative estimate of drug-likeness (QED) is 0.150. The Bertz CT molecular complexity index is 3910. The Morgan fingerprint density at radius 2 is 0.806 bits per heavy atom. The van der Waals surface area contributed by atoms with Crippen molar-refractivity contribution >= 4 is 48.9 Å². The van der Waals surface area contributed by atoms with E-state index in [0.29, 0.717) is 5.82 Å². The third kappa shape index (κ3) is 6.80. The Balaban J connectivity index is 0.897. The molecule has 0 aliphatic carbocycles. The monoisotopic (exact) mass is 853 g/mol. The van der Waals surface area contributed by atoms with Crippen molar-refractivity contribution in [3.05, 3.63) is 237 Å². The van der Waals surface area contributed by atoms with Crippen LogP contribution < -0.4 is 0 Å². The van der Waals surface area contributed by atoms with Crippen LogP contribution in [0.15, 0.2) is 237 Å². The van der Waals surface area contributed by atoms with Gasteiger partial charge < -0.3 is 0 Å². The molecule has 0 radical (unpaired) electrons. The maximum absolute atomic E-state index is 5.49. The van der Waals surface area contributed by atoms with Crippen molar-refractivity contribution in [1.82, 2.24) is 24.3 Å². The van der Waals surface area contributed by atoms with E-state index in [1.165, 1.54) is 16.2 Å². The molecule has 0 saturated carbocycles. The highest BCUT2D eigenvalue weighted by atomic mass is 15.0. The van der Waals surface area contributed by atoms with E-state index in [2.05, 4.69) is 235 Å². The zero-order valence-electron chi connectivity index (χ0n) is 36.3. The Morgan fingerprint density at radius 3 is 1.48 bits per heavy atom. The van der Waals surface area contributed by atoms with E-state index >= 15 is 0 Å². The molecule has 0 N–H and O–H groups in total. The van der Waals surface area contributed by atoms with E-state index in [4.69, 9.17) is 19.9 Å². The van der Waals surface area contributed by atoms with Crippen LogP contribution in [0.1, 0.15) is 0 Å². The van der Waals surface area contributed by atoms with E-state index in [1.807, 2.05) is 6.07 Å². The Kier molecular flexibility index (Phi) is 9.10. The van der Waals surface area contributed by atoms with E-state index in [1.54, 1.807) is 0 Å². The maximum Gasteiger partial charge on any atom is 0.160 e. The summed E-state index contributed by atoms with van der Waals surface area (Å²) in [6, 6.07) is 81.1. The van der Waals surface area contributed by atoms with Gasteiger partial charge in [0.2, 0.25) is 0 Å². The van der Waals surface area contributed by atoms with Crippen LogP contribution in [0.4, 0.5) is 0 Å². The lowest BCUT2D eigenvalue weighted by atomic mass is 9.98. The normalized spacial score (nSPS) is 11.6. The summed E-state index contributed by atoms with van der Waals surface area (Å²) in [7, 11) is 0. The predicted octanol–water partition coefficient (Wildman–Crippen LogP) is 15.8. The van der Waals surface area contributed by atoms with Crippen LogP contribution in [0, 0.1) is 0 Å². The van der Waals surface area contributed by atoms with Gasteiger partial charge in [0.25, 0.3) is 0 Å². The summed E-state index contributed by atoms with van der Waals surface area (Å²) < 4.78 is 2.26. The molecule has 0 saturated heterocycles. The van der Waals surface area contributed by atoms with Crippen LogP contribution in [0.25, 0.3) is 128 Å². The van der Waals surface area contributed by atoms with Crippen molar-refractivity contribution in [1.29, 1.82) is 0 Å². The van der Waals surface area contributed by atoms with Gasteiger partial charge in [-0.05, 0) is 63.0 Å². The molecule has 312 valence electrons. The van der Waals surface area contributed by atoms with Gasteiger partial charge in [-0.2, -0.15) is 0 Å². The molecule has 0 unspecified atom stereocenters. The molecule has 5 heteroatoms. The summed E-state index contributed by atoms with van der Waals surface area (Å²) in [5.74, 6) is 0.697. The van der Waals surface area contributed by atoms with Crippen molar-refractivity contribution in [2.75, 3.05) is 0 Å².